The van der Waals surface area contributed by atoms with E-state index >= 15 is 0 Å². The molecule has 0 aromatic heterocycles. The van der Waals surface area contributed by atoms with Gasteiger partial charge in [0.1, 0.15) is 6.04 Å². The number of hydrogen-bond donors (Lipinski definition) is 0. The highest BCUT2D eigenvalue weighted by atomic mass is 35.5. The molecule has 1 aliphatic heterocycles. The molecule has 0 radical (unpaired) electrons. The molecule has 21 heavy (non-hydrogen) atoms. The van der Waals surface area contributed by atoms with E-state index in [4.69, 9.17) is 27.9 Å². The Morgan fingerprint density at radius 2 is 2.19 bits per heavy atom. The maximum atomic E-state index is 12.3. The van der Waals surface area contributed by atoms with Crippen molar-refractivity contribution in [1.82, 2.24) is 4.90 Å². The van der Waals surface area contributed by atoms with E-state index < -0.39 is 6.04 Å². The van der Waals surface area contributed by atoms with Crippen LogP contribution in [0.2, 0.25) is 10.0 Å². The van der Waals surface area contributed by atoms with Gasteiger partial charge in [-0.2, -0.15) is 0 Å². The summed E-state index contributed by atoms with van der Waals surface area (Å²) in [6, 6.07) is 4.66. The topological polar surface area (TPSA) is 46.6 Å². The summed E-state index contributed by atoms with van der Waals surface area (Å²) in [7, 11) is 1.34. The van der Waals surface area contributed by atoms with Gasteiger partial charge in [0, 0.05) is 16.5 Å². The van der Waals surface area contributed by atoms with Crippen LogP contribution in [-0.4, -0.2) is 42.2 Å². The monoisotopic (exact) mass is 347 g/mol. The Morgan fingerprint density at radius 3 is 2.90 bits per heavy atom. The number of carbonyl (C=O) groups excluding carboxylic acids is 2. The normalized spacial score (nSPS) is 17.9. The molecule has 1 heterocycles. The number of esters is 1. The summed E-state index contributed by atoms with van der Waals surface area (Å²) < 4.78 is 4.73. The van der Waals surface area contributed by atoms with Crippen LogP contribution in [0, 0.1) is 0 Å². The molecule has 0 spiro atoms. The van der Waals surface area contributed by atoms with Gasteiger partial charge in [-0.1, -0.05) is 23.2 Å². The van der Waals surface area contributed by atoms with Gasteiger partial charge in [-0.05, 0) is 31.0 Å². The predicted molar refractivity (Wildman–Crippen MR) is 83.9 cm³/mol. The van der Waals surface area contributed by atoms with Gasteiger partial charge in [0.2, 0.25) is 5.91 Å². The van der Waals surface area contributed by atoms with Crippen molar-refractivity contribution in [1.29, 1.82) is 0 Å². The van der Waals surface area contributed by atoms with Crippen LogP contribution in [0.15, 0.2) is 23.1 Å². The van der Waals surface area contributed by atoms with E-state index in [-0.39, 0.29) is 17.6 Å². The maximum Gasteiger partial charge on any atom is 0.328 e. The molecule has 1 aliphatic rings. The van der Waals surface area contributed by atoms with E-state index in [1.165, 1.54) is 18.9 Å². The highest BCUT2D eigenvalue weighted by Gasteiger charge is 2.34. The predicted octanol–water partition coefficient (Wildman–Crippen LogP) is 3.25. The van der Waals surface area contributed by atoms with Crippen LogP contribution in [0.5, 0.6) is 0 Å². The van der Waals surface area contributed by atoms with Crippen LogP contribution in [0.25, 0.3) is 0 Å². The Morgan fingerprint density at radius 1 is 1.43 bits per heavy atom. The van der Waals surface area contributed by atoms with Crippen molar-refractivity contribution in [3.63, 3.8) is 0 Å². The first-order chi connectivity index (χ1) is 10.0. The minimum atomic E-state index is -0.460. The minimum Gasteiger partial charge on any atom is -0.467 e. The summed E-state index contributed by atoms with van der Waals surface area (Å²) in [6.45, 7) is 0.586. The molecule has 7 heteroatoms. The highest BCUT2D eigenvalue weighted by molar-refractivity contribution is 8.00. The zero-order valence-electron chi connectivity index (χ0n) is 11.5. The molecule has 1 amide bonds. The van der Waals surface area contributed by atoms with Crippen LogP contribution in [0.1, 0.15) is 12.8 Å². The van der Waals surface area contributed by atoms with Gasteiger partial charge in [-0.25, -0.2) is 4.79 Å². The molecule has 1 atom stereocenters. The Bertz CT molecular complexity index is 553. The van der Waals surface area contributed by atoms with E-state index in [2.05, 4.69) is 0 Å². The van der Waals surface area contributed by atoms with Crippen LogP contribution in [0.3, 0.4) is 0 Å². The number of thioether (sulfide) groups is 1. The van der Waals surface area contributed by atoms with E-state index in [9.17, 15) is 9.59 Å². The second kappa shape index (κ2) is 7.38. The molecule has 0 saturated carbocycles. The molecule has 1 saturated heterocycles. The number of carbonyl (C=O) groups is 2. The van der Waals surface area contributed by atoms with Crippen molar-refractivity contribution in [2.24, 2.45) is 0 Å². The molecule has 1 fully saturated rings. The van der Waals surface area contributed by atoms with E-state index in [0.29, 0.717) is 23.0 Å². The average Bonchev–Trinajstić information content (AvgIpc) is 2.96. The van der Waals surface area contributed by atoms with Crippen LogP contribution in [0.4, 0.5) is 0 Å². The average molecular weight is 348 g/mol. The molecule has 1 aromatic carbocycles. The Kier molecular flexibility index (Phi) is 5.79. The summed E-state index contributed by atoms with van der Waals surface area (Å²) in [6.07, 6.45) is 1.47. The fraction of sp³-hybridized carbons (Fsp3) is 0.429. The van der Waals surface area contributed by atoms with Gasteiger partial charge >= 0.3 is 5.97 Å². The summed E-state index contributed by atoms with van der Waals surface area (Å²) in [4.78, 5) is 26.2. The van der Waals surface area contributed by atoms with Crippen LogP contribution in [-0.2, 0) is 14.3 Å². The van der Waals surface area contributed by atoms with Gasteiger partial charge in [-0.15, -0.1) is 11.8 Å². The number of hydrogen-bond acceptors (Lipinski definition) is 4. The number of halogens is 2. The second-order valence-electron chi connectivity index (χ2n) is 4.63. The molecule has 0 aliphatic carbocycles. The summed E-state index contributed by atoms with van der Waals surface area (Å²) in [5.74, 6) is -0.233. The smallest absolute Gasteiger partial charge is 0.328 e. The first-order valence-corrected chi connectivity index (χ1v) is 8.22. The zero-order chi connectivity index (χ0) is 15.4. The van der Waals surface area contributed by atoms with Crippen molar-refractivity contribution < 1.29 is 14.3 Å². The number of nitrogens with zero attached hydrogens (tertiary/aromatic N) is 1. The third-order valence-corrected chi connectivity index (χ3v) is 5.01. The molecule has 0 N–H and O–H groups in total. The molecule has 2 rings (SSSR count). The lowest BCUT2D eigenvalue weighted by Crippen LogP contribution is -2.41. The molecular formula is C14H15Cl2NO3S. The van der Waals surface area contributed by atoms with Gasteiger partial charge in [-0.3, -0.25) is 4.79 Å². The lowest BCUT2D eigenvalue weighted by atomic mass is 10.2. The fourth-order valence-electron chi connectivity index (χ4n) is 2.26. The Labute approximate surface area is 137 Å². The van der Waals surface area contributed by atoms with E-state index in [1.54, 1.807) is 23.1 Å². The van der Waals surface area contributed by atoms with Crippen molar-refractivity contribution in [3.8, 4) is 0 Å². The second-order valence-corrected chi connectivity index (χ2v) is 6.49. The highest BCUT2D eigenvalue weighted by Crippen LogP contribution is 2.30. The molecule has 1 unspecified atom stereocenters. The fourth-order valence-corrected chi connectivity index (χ4v) is 3.64. The number of amides is 1. The molecule has 0 bridgehead atoms. The van der Waals surface area contributed by atoms with Gasteiger partial charge in [0.15, 0.2) is 0 Å². The first kappa shape index (κ1) is 16.5. The third kappa shape index (κ3) is 4.05. The number of likely N-dealkylation sites (tertiary alicyclic amines) is 1. The third-order valence-electron chi connectivity index (χ3n) is 3.29. The van der Waals surface area contributed by atoms with Crippen molar-refractivity contribution in [2.45, 2.75) is 23.8 Å². The van der Waals surface area contributed by atoms with Crippen LogP contribution < -0.4 is 0 Å². The largest absolute Gasteiger partial charge is 0.467 e. The maximum absolute atomic E-state index is 12.3. The van der Waals surface area contributed by atoms with Gasteiger partial charge < -0.3 is 9.64 Å². The molecule has 114 valence electrons. The summed E-state index contributed by atoms with van der Waals surface area (Å²) in [5, 5.41) is 1.13. The first-order valence-electron chi connectivity index (χ1n) is 6.48. The molecule has 1 aromatic rings. The lowest BCUT2D eigenvalue weighted by Gasteiger charge is -2.22. The SMILES string of the molecule is COC(=O)C1CCCN1C(=O)CSc1cc(Cl)ccc1Cl. The van der Waals surface area contributed by atoms with E-state index in [1.807, 2.05) is 0 Å². The van der Waals surface area contributed by atoms with Crippen molar-refractivity contribution in [2.75, 3.05) is 19.4 Å². The standard InChI is InChI=1S/C14H15Cl2NO3S/c1-20-14(19)11-3-2-6-17(11)13(18)8-21-12-7-9(15)4-5-10(12)16/h4-5,7,11H,2-3,6,8H2,1H3. The van der Waals surface area contributed by atoms with Crippen molar-refractivity contribution >= 4 is 46.8 Å². The van der Waals surface area contributed by atoms with Crippen LogP contribution >= 0.6 is 35.0 Å². The van der Waals surface area contributed by atoms with Gasteiger partial charge in [0.25, 0.3) is 0 Å². The summed E-state index contributed by atoms with van der Waals surface area (Å²) in [5.41, 5.74) is 0. The zero-order valence-corrected chi connectivity index (χ0v) is 13.8. The summed E-state index contributed by atoms with van der Waals surface area (Å²) >= 11 is 13.3. The molecule has 4 nitrogen and oxygen atoms in total. The Balaban J connectivity index is 1.98. The Hall–Kier alpha value is -0.910. The molecular weight excluding hydrogens is 333 g/mol. The minimum absolute atomic E-state index is 0.0936. The number of ether oxygens (including phenoxy) is 1. The van der Waals surface area contributed by atoms with Gasteiger partial charge in [0.05, 0.1) is 17.9 Å². The number of methoxy groups -OCH3 is 1. The number of rotatable bonds is 4. The van der Waals surface area contributed by atoms with Crippen molar-refractivity contribution in [3.05, 3.63) is 28.2 Å². The van der Waals surface area contributed by atoms with E-state index in [0.717, 1.165) is 11.3 Å². The number of benzene rings is 1. The lowest BCUT2D eigenvalue weighted by molar-refractivity contribution is -0.150. The quantitative estimate of drug-likeness (QED) is 0.619.